The highest BCUT2D eigenvalue weighted by atomic mass is 32.2. The van der Waals surface area contributed by atoms with Crippen LogP contribution in [0.15, 0.2) is 64.9 Å². The largest absolute Gasteiger partial charge is 0.398 e. The second kappa shape index (κ2) is 6.06. The second-order valence-corrected chi connectivity index (χ2v) is 4.69. The lowest BCUT2D eigenvalue weighted by Gasteiger charge is -2.02. The molecular formula is C14H12N2O2S. The summed E-state index contributed by atoms with van der Waals surface area (Å²) in [5, 5.41) is 12.6. The Bertz CT molecular complexity index is 612. The van der Waals surface area contributed by atoms with E-state index in [4.69, 9.17) is 5.73 Å². The molecule has 2 aromatic rings. The fourth-order valence-electron chi connectivity index (χ4n) is 1.53. The summed E-state index contributed by atoms with van der Waals surface area (Å²) in [6.45, 7) is 0. The van der Waals surface area contributed by atoms with Gasteiger partial charge < -0.3 is 5.73 Å². The van der Waals surface area contributed by atoms with Gasteiger partial charge in [0.2, 0.25) is 0 Å². The first-order chi connectivity index (χ1) is 9.18. The molecule has 0 aliphatic heterocycles. The lowest BCUT2D eigenvalue weighted by molar-refractivity contribution is -0.375. The van der Waals surface area contributed by atoms with Gasteiger partial charge in [-0.15, -0.1) is 0 Å². The average Bonchev–Trinajstić information content (AvgIpc) is 2.42. The summed E-state index contributed by atoms with van der Waals surface area (Å²) in [5.41, 5.74) is 7.05. The van der Waals surface area contributed by atoms with E-state index in [-0.39, 0.29) is 10.6 Å². The topological polar surface area (TPSA) is 69.2 Å². The van der Waals surface area contributed by atoms with Crippen molar-refractivity contribution in [3.05, 3.63) is 75.7 Å². The van der Waals surface area contributed by atoms with Gasteiger partial charge in [0.1, 0.15) is 0 Å². The molecule has 0 unspecified atom stereocenters. The average molecular weight is 272 g/mol. The number of nitrogen functional groups attached to an aromatic ring is 1. The summed E-state index contributed by atoms with van der Waals surface area (Å²) in [7, 11) is 0. The van der Waals surface area contributed by atoms with E-state index in [0.717, 1.165) is 4.90 Å². The Balaban J connectivity index is 2.29. The van der Waals surface area contributed by atoms with E-state index >= 15 is 0 Å². The highest BCUT2D eigenvalue weighted by Gasteiger charge is 2.13. The predicted octanol–water partition coefficient (Wildman–Crippen LogP) is 3.64. The zero-order chi connectivity index (χ0) is 13.7. The molecular weight excluding hydrogens is 260 g/mol. The molecule has 19 heavy (non-hydrogen) atoms. The Kier molecular flexibility index (Phi) is 4.20. The molecule has 4 nitrogen and oxygen atoms in total. The van der Waals surface area contributed by atoms with E-state index in [1.54, 1.807) is 30.3 Å². The normalized spacial score (nSPS) is 11.3. The lowest BCUT2D eigenvalue weighted by atomic mass is 10.2. The monoisotopic (exact) mass is 272 g/mol. The van der Waals surface area contributed by atoms with Gasteiger partial charge in [-0.3, -0.25) is 10.1 Å². The molecule has 96 valence electrons. The Labute approximate surface area is 115 Å². The standard InChI is InChI=1S/C14H12N2O2S/c15-12-8-4-5-9-14(12)19-10-13(16(17)18)11-6-2-1-3-7-11/h1-10H,15H2. The van der Waals surface area contributed by atoms with E-state index < -0.39 is 0 Å². The number of nitrogens with zero attached hydrogens (tertiary/aromatic N) is 1. The molecule has 2 rings (SSSR count). The molecule has 0 amide bonds. The van der Waals surface area contributed by atoms with Crippen LogP contribution in [0.2, 0.25) is 0 Å². The number of benzene rings is 2. The van der Waals surface area contributed by atoms with Crippen LogP contribution in [-0.2, 0) is 0 Å². The Morgan fingerprint density at radius 3 is 2.37 bits per heavy atom. The number of nitro groups is 1. The smallest absolute Gasteiger partial charge is 0.283 e. The molecule has 0 radical (unpaired) electrons. The summed E-state index contributed by atoms with van der Waals surface area (Å²) in [5.74, 6) is 0. The van der Waals surface area contributed by atoms with Crippen molar-refractivity contribution < 1.29 is 4.92 Å². The van der Waals surface area contributed by atoms with Gasteiger partial charge in [0, 0.05) is 10.6 Å². The van der Waals surface area contributed by atoms with Crippen LogP contribution in [0, 0.1) is 10.1 Å². The van der Waals surface area contributed by atoms with E-state index in [1.165, 1.54) is 17.2 Å². The molecule has 0 aromatic heterocycles. The van der Waals surface area contributed by atoms with E-state index in [1.807, 2.05) is 24.3 Å². The zero-order valence-electron chi connectivity index (χ0n) is 10.0. The van der Waals surface area contributed by atoms with Gasteiger partial charge in [-0.05, 0) is 24.3 Å². The van der Waals surface area contributed by atoms with Gasteiger partial charge in [0.05, 0.1) is 15.9 Å². The summed E-state index contributed by atoms with van der Waals surface area (Å²) in [4.78, 5) is 11.5. The van der Waals surface area contributed by atoms with E-state index in [2.05, 4.69) is 0 Å². The van der Waals surface area contributed by atoms with Crippen LogP contribution < -0.4 is 5.73 Å². The molecule has 2 aromatic carbocycles. The minimum absolute atomic E-state index is 0.0638. The molecule has 0 spiro atoms. The highest BCUT2D eigenvalue weighted by Crippen LogP contribution is 2.29. The predicted molar refractivity (Wildman–Crippen MR) is 78.1 cm³/mol. The Hall–Kier alpha value is -2.27. The van der Waals surface area contributed by atoms with Gasteiger partial charge in [0.25, 0.3) is 5.70 Å². The molecule has 0 fully saturated rings. The number of rotatable bonds is 4. The fraction of sp³-hybridized carbons (Fsp3) is 0. The van der Waals surface area contributed by atoms with Crippen molar-refractivity contribution in [2.45, 2.75) is 4.90 Å². The van der Waals surface area contributed by atoms with Crippen LogP contribution in [0.1, 0.15) is 5.56 Å². The second-order valence-electron chi connectivity index (χ2n) is 3.78. The third-order valence-electron chi connectivity index (χ3n) is 2.48. The number of anilines is 1. The number of hydrogen-bond donors (Lipinski definition) is 1. The van der Waals surface area contributed by atoms with Gasteiger partial charge in [0.15, 0.2) is 0 Å². The maximum absolute atomic E-state index is 11.1. The van der Waals surface area contributed by atoms with Gasteiger partial charge in [-0.25, -0.2) is 0 Å². The minimum Gasteiger partial charge on any atom is -0.398 e. The molecule has 0 atom stereocenters. The van der Waals surface area contributed by atoms with Crippen molar-refractivity contribution in [2.24, 2.45) is 0 Å². The fourth-order valence-corrected chi connectivity index (χ4v) is 2.35. The maximum atomic E-state index is 11.1. The van der Waals surface area contributed by atoms with Crippen molar-refractivity contribution >= 4 is 23.1 Å². The molecule has 0 aliphatic rings. The van der Waals surface area contributed by atoms with Crippen molar-refractivity contribution in [3.8, 4) is 0 Å². The van der Waals surface area contributed by atoms with Crippen molar-refractivity contribution in [2.75, 3.05) is 5.73 Å². The molecule has 0 bridgehead atoms. The van der Waals surface area contributed by atoms with E-state index in [0.29, 0.717) is 11.3 Å². The van der Waals surface area contributed by atoms with Crippen molar-refractivity contribution in [1.29, 1.82) is 0 Å². The third kappa shape index (κ3) is 3.35. The highest BCUT2D eigenvalue weighted by molar-refractivity contribution is 8.02. The third-order valence-corrected chi connectivity index (χ3v) is 3.45. The summed E-state index contributed by atoms with van der Waals surface area (Å²) >= 11 is 1.25. The Morgan fingerprint density at radius 2 is 1.74 bits per heavy atom. The van der Waals surface area contributed by atoms with E-state index in [9.17, 15) is 10.1 Å². The number of thioether (sulfide) groups is 1. The van der Waals surface area contributed by atoms with Crippen LogP contribution in [0.3, 0.4) is 0 Å². The molecule has 0 saturated carbocycles. The minimum atomic E-state index is -0.387. The lowest BCUT2D eigenvalue weighted by Crippen LogP contribution is -1.97. The Morgan fingerprint density at radius 1 is 1.11 bits per heavy atom. The molecule has 0 saturated heterocycles. The number of hydrogen-bond acceptors (Lipinski definition) is 4. The molecule has 5 heteroatoms. The maximum Gasteiger partial charge on any atom is 0.283 e. The van der Waals surface area contributed by atoms with Crippen molar-refractivity contribution in [1.82, 2.24) is 0 Å². The SMILES string of the molecule is Nc1ccccc1SC=C(c1ccccc1)[N+](=O)[O-]. The van der Waals surface area contributed by atoms with Crippen LogP contribution >= 0.6 is 11.8 Å². The molecule has 0 aliphatic carbocycles. The first-order valence-corrected chi connectivity index (χ1v) is 6.47. The van der Waals surface area contributed by atoms with Crippen LogP contribution in [0.4, 0.5) is 5.69 Å². The summed E-state index contributed by atoms with van der Waals surface area (Å²) in [6, 6.07) is 16.1. The van der Waals surface area contributed by atoms with Gasteiger partial charge in [-0.1, -0.05) is 42.1 Å². The van der Waals surface area contributed by atoms with Crippen LogP contribution in [-0.4, -0.2) is 4.92 Å². The number of nitrogens with two attached hydrogens (primary N) is 1. The van der Waals surface area contributed by atoms with Gasteiger partial charge in [-0.2, -0.15) is 0 Å². The molecule has 0 heterocycles. The summed E-state index contributed by atoms with van der Waals surface area (Å²) in [6.07, 6.45) is 0. The van der Waals surface area contributed by atoms with Crippen LogP contribution in [0.25, 0.3) is 5.70 Å². The first-order valence-electron chi connectivity index (χ1n) is 5.59. The van der Waals surface area contributed by atoms with Crippen molar-refractivity contribution in [3.63, 3.8) is 0 Å². The zero-order valence-corrected chi connectivity index (χ0v) is 10.8. The first kappa shape index (κ1) is 13.2. The van der Waals surface area contributed by atoms with Gasteiger partial charge >= 0.3 is 0 Å². The van der Waals surface area contributed by atoms with Crippen LogP contribution in [0.5, 0.6) is 0 Å². The quantitative estimate of drug-likeness (QED) is 0.399. The molecule has 2 N–H and O–H groups in total. The summed E-state index contributed by atoms with van der Waals surface area (Å²) < 4.78 is 0. The number of para-hydroxylation sites is 1.